The lowest BCUT2D eigenvalue weighted by Crippen LogP contribution is -2.46. The third-order valence-corrected chi connectivity index (χ3v) is 8.66. The number of likely N-dealkylation sites (N-methyl/N-ethyl adjacent to an activating group) is 1. The third kappa shape index (κ3) is 5.56. The number of aliphatic carboxylic acids is 1. The second-order valence-electron chi connectivity index (χ2n) is 11.0. The van der Waals surface area contributed by atoms with Gasteiger partial charge in [-0.2, -0.15) is 0 Å². The number of ether oxygens (including phenoxy) is 1. The first kappa shape index (κ1) is 26.6. The molecule has 2 bridgehead atoms. The number of carbonyl (C=O) groups is 2. The number of fused-ring (bicyclic) bond motifs is 3. The molecule has 6 nitrogen and oxygen atoms in total. The predicted molar refractivity (Wildman–Crippen MR) is 150 cm³/mol. The number of rotatable bonds is 1. The molecule has 0 fully saturated rings. The zero-order chi connectivity index (χ0) is 26.7. The Labute approximate surface area is 230 Å². The average Bonchev–Trinajstić information content (AvgIpc) is 3.04. The maximum absolute atomic E-state index is 12.7. The van der Waals surface area contributed by atoms with Crippen LogP contribution in [0.3, 0.4) is 0 Å². The molecule has 202 valence electrons. The Bertz CT molecular complexity index is 1230. The lowest BCUT2D eigenvalue weighted by atomic mass is 9.70. The van der Waals surface area contributed by atoms with Crippen LogP contribution in [0, 0.1) is 0 Å². The van der Waals surface area contributed by atoms with Crippen LogP contribution in [-0.2, 0) is 21.4 Å². The molecule has 2 aromatic carbocycles. The van der Waals surface area contributed by atoms with E-state index in [1.54, 1.807) is 11.9 Å². The van der Waals surface area contributed by atoms with Gasteiger partial charge in [-0.15, -0.1) is 0 Å². The number of carboxylic acids is 1. The largest absolute Gasteiger partial charge is 0.490 e. The van der Waals surface area contributed by atoms with Gasteiger partial charge in [-0.3, -0.25) is 9.59 Å². The highest BCUT2D eigenvalue weighted by Gasteiger charge is 2.41. The number of anilines is 1. The van der Waals surface area contributed by atoms with Crippen molar-refractivity contribution in [2.75, 3.05) is 38.2 Å². The highest BCUT2D eigenvalue weighted by molar-refractivity contribution is 6.30. The number of allylic oxidation sites excluding steroid dienone is 1. The lowest BCUT2D eigenvalue weighted by molar-refractivity contribution is -0.139. The molecule has 1 aliphatic carbocycles. The van der Waals surface area contributed by atoms with Crippen LogP contribution in [0.25, 0.3) is 0 Å². The van der Waals surface area contributed by atoms with Crippen LogP contribution < -0.4 is 9.64 Å². The molecule has 3 aliphatic rings. The fourth-order valence-corrected chi connectivity index (χ4v) is 6.49. The third-order valence-electron chi connectivity index (χ3n) is 8.43. The Hall–Kier alpha value is -2.99. The minimum Gasteiger partial charge on any atom is -0.490 e. The molecule has 0 saturated heterocycles. The minimum absolute atomic E-state index is 0.0364. The SMILES string of the molecule is CN1C/C=C/CCCCN2C[C@@]3(CCCc4cc(Cl)ccc43)COc3ccc(cc32)[C@@H](C(=O)O)CCC1=O. The molecular weight excluding hydrogens is 500 g/mol. The van der Waals surface area contributed by atoms with Crippen LogP contribution in [-0.4, -0.2) is 55.2 Å². The van der Waals surface area contributed by atoms with E-state index in [9.17, 15) is 14.7 Å². The number of carbonyl (C=O) groups excluding carboxylic acids is 1. The highest BCUT2D eigenvalue weighted by atomic mass is 35.5. The van der Waals surface area contributed by atoms with Crippen molar-refractivity contribution >= 4 is 29.2 Å². The summed E-state index contributed by atoms with van der Waals surface area (Å²) in [5, 5.41) is 10.9. The van der Waals surface area contributed by atoms with Crippen LogP contribution in [0.2, 0.25) is 5.02 Å². The van der Waals surface area contributed by atoms with Gasteiger partial charge in [0.25, 0.3) is 0 Å². The van der Waals surface area contributed by atoms with Crippen molar-refractivity contribution in [3.8, 4) is 5.75 Å². The molecule has 1 N–H and O–H groups in total. The molecule has 7 heteroatoms. The molecule has 5 rings (SSSR count). The summed E-state index contributed by atoms with van der Waals surface area (Å²) in [5.41, 5.74) is 4.15. The van der Waals surface area contributed by atoms with Crippen molar-refractivity contribution in [3.05, 3.63) is 70.3 Å². The topological polar surface area (TPSA) is 70.1 Å². The fourth-order valence-electron chi connectivity index (χ4n) is 6.29. The number of halogens is 1. The Morgan fingerprint density at radius 1 is 1.11 bits per heavy atom. The maximum atomic E-state index is 12.7. The van der Waals surface area contributed by atoms with E-state index < -0.39 is 11.9 Å². The van der Waals surface area contributed by atoms with Gasteiger partial charge in [0.05, 0.1) is 18.2 Å². The molecule has 2 heterocycles. The summed E-state index contributed by atoms with van der Waals surface area (Å²) in [4.78, 5) is 29.1. The average molecular weight is 537 g/mol. The number of nitrogens with zero attached hydrogens (tertiary/aromatic N) is 2. The van der Waals surface area contributed by atoms with Gasteiger partial charge in [0.15, 0.2) is 0 Å². The Kier molecular flexibility index (Phi) is 7.98. The van der Waals surface area contributed by atoms with Crippen LogP contribution in [0.4, 0.5) is 5.69 Å². The lowest BCUT2D eigenvalue weighted by Gasteiger charge is -2.41. The van der Waals surface area contributed by atoms with Crippen LogP contribution >= 0.6 is 11.6 Å². The van der Waals surface area contributed by atoms with E-state index >= 15 is 0 Å². The molecule has 0 radical (unpaired) electrons. The van der Waals surface area contributed by atoms with E-state index in [1.165, 1.54) is 11.1 Å². The van der Waals surface area contributed by atoms with Gasteiger partial charge in [0.2, 0.25) is 5.91 Å². The first-order valence-electron chi connectivity index (χ1n) is 13.8. The van der Waals surface area contributed by atoms with Crippen molar-refractivity contribution in [1.29, 1.82) is 0 Å². The van der Waals surface area contributed by atoms with E-state index in [1.807, 2.05) is 30.3 Å². The van der Waals surface area contributed by atoms with Gasteiger partial charge in [0, 0.05) is 43.5 Å². The van der Waals surface area contributed by atoms with Crippen LogP contribution in [0.15, 0.2) is 48.6 Å². The predicted octanol–water partition coefficient (Wildman–Crippen LogP) is 5.96. The molecule has 2 aliphatic heterocycles. The molecule has 38 heavy (non-hydrogen) atoms. The monoisotopic (exact) mass is 536 g/mol. The number of hydrogen-bond acceptors (Lipinski definition) is 4. The zero-order valence-corrected chi connectivity index (χ0v) is 22.9. The number of benzene rings is 2. The van der Waals surface area contributed by atoms with Gasteiger partial charge in [-0.05, 0) is 85.9 Å². The Morgan fingerprint density at radius 3 is 2.82 bits per heavy atom. The zero-order valence-electron chi connectivity index (χ0n) is 22.1. The quantitative estimate of drug-likeness (QED) is 0.455. The maximum Gasteiger partial charge on any atom is 0.310 e. The van der Waals surface area contributed by atoms with Crippen molar-refractivity contribution in [2.45, 2.75) is 62.7 Å². The molecule has 0 aromatic heterocycles. The van der Waals surface area contributed by atoms with Gasteiger partial charge < -0.3 is 19.6 Å². The number of carboxylic acid groups (broad SMARTS) is 1. The van der Waals surface area contributed by atoms with Gasteiger partial charge in [0.1, 0.15) is 5.75 Å². The van der Waals surface area contributed by atoms with E-state index in [4.69, 9.17) is 16.3 Å². The second-order valence-corrected chi connectivity index (χ2v) is 11.5. The van der Waals surface area contributed by atoms with Crippen molar-refractivity contribution in [1.82, 2.24) is 4.90 Å². The normalized spacial score (nSPS) is 25.3. The van der Waals surface area contributed by atoms with Gasteiger partial charge in [-0.1, -0.05) is 35.9 Å². The second kappa shape index (κ2) is 11.4. The van der Waals surface area contributed by atoms with Crippen LogP contribution in [0.5, 0.6) is 5.75 Å². The van der Waals surface area contributed by atoms with E-state index in [2.05, 4.69) is 23.1 Å². The first-order chi connectivity index (χ1) is 18.4. The molecule has 2 atom stereocenters. The summed E-state index contributed by atoms with van der Waals surface area (Å²) in [6.07, 6.45) is 10.8. The fraction of sp³-hybridized carbons (Fsp3) is 0.484. The smallest absolute Gasteiger partial charge is 0.310 e. The minimum atomic E-state index is -0.905. The summed E-state index contributed by atoms with van der Waals surface area (Å²) in [6.45, 7) is 2.81. The molecule has 2 aromatic rings. The number of aryl methyl sites for hydroxylation is 1. The van der Waals surface area contributed by atoms with E-state index in [0.29, 0.717) is 13.2 Å². The van der Waals surface area contributed by atoms with Crippen molar-refractivity contribution < 1.29 is 19.4 Å². The standard InChI is InChI=1S/C31H37ClN2O4/c1-33-16-5-3-2-4-6-17-34-20-31(15-7-8-23-18-24(32)10-12-26(23)31)21-38-28-13-9-22(19-27(28)34)25(30(36)37)11-14-29(33)35/h3,5,9-10,12-13,18-19,25H,2,4,6-8,11,14-17,20-21H2,1H3,(H,36,37)/b5-3+/t25-,31-/m0/s1. The molecular formula is C31H37ClN2O4. The summed E-state index contributed by atoms with van der Waals surface area (Å²) in [5.74, 6) is -0.895. The highest BCUT2D eigenvalue weighted by Crippen LogP contribution is 2.45. The molecule has 0 saturated carbocycles. The number of amides is 1. The van der Waals surface area contributed by atoms with E-state index in [-0.39, 0.29) is 24.2 Å². The summed E-state index contributed by atoms with van der Waals surface area (Å²) < 4.78 is 6.53. The summed E-state index contributed by atoms with van der Waals surface area (Å²) in [6, 6.07) is 12.1. The first-order valence-corrected chi connectivity index (χ1v) is 14.2. The van der Waals surface area contributed by atoms with Crippen LogP contribution in [0.1, 0.15) is 67.6 Å². The Balaban J connectivity index is 1.52. The molecule has 1 amide bonds. The summed E-state index contributed by atoms with van der Waals surface area (Å²) >= 11 is 6.36. The summed E-state index contributed by atoms with van der Waals surface area (Å²) in [7, 11) is 1.77. The van der Waals surface area contributed by atoms with Gasteiger partial charge in [-0.25, -0.2) is 0 Å². The van der Waals surface area contributed by atoms with Gasteiger partial charge >= 0.3 is 5.97 Å². The Morgan fingerprint density at radius 2 is 1.97 bits per heavy atom. The van der Waals surface area contributed by atoms with Crippen molar-refractivity contribution in [3.63, 3.8) is 0 Å². The molecule has 0 unspecified atom stereocenters. The number of hydrogen-bond donors (Lipinski definition) is 1. The van der Waals surface area contributed by atoms with E-state index in [0.717, 1.165) is 73.6 Å². The van der Waals surface area contributed by atoms with Crippen molar-refractivity contribution in [2.24, 2.45) is 0 Å². The molecule has 1 spiro atoms.